The minimum Gasteiger partial charge on any atom is -0.484 e. The topological polar surface area (TPSA) is 89.3 Å². The van der Waals surface area contributed by atoms with Gasteiger partial charge in [-0.1, -0.05) is 27.3 Å². The van der Waals surface area contributed by atoms with Crippen LogP contribution >= 0.6 is 27.3 Å². The smallest absolute Gasteiger partial charge is 0.262 e. The molecule has 0 fully saturated rings. The van der Waals surface area contributed by atoms with E-state index in [0.29, 0.717) is 16.6 Å². The molecule has 23 heavy (non-hydrogen) atoms. The molecular formula is C15H13BrN4O2S. The second-order valence-electron chi connectivity index (χ2n) is 4.64. The summed E-state index contributed by atoms with van der Waals surface area (Å²) in [6.45, 7) is -0.0576. The van der Waals surface area contributed by atoms with Gasteiger partial charge in [-0.3, -0.25) is 10.2 Å². The number of nitrogens with two attached hydrogens (primary N) is 1. The monoisotopic (exact) mass is 392 g/mol. The number of benzene rings is 2. The molecule has 1 heterocycles. The first kappa shape index (κ1) is 15.7. The molecule has 3 rings (SSSR count). The van der Waals surface area contributed by atoms with E-state index >= 15 is 0 Å². The van der Waals surface area contributed by atoms with Gasteiger partial charge in [0.1, 0.15) is 5.75 Å². The Kier molecular flexibility index (Phi) is 4.75. The molecule has 6 nitrogen and oxygen atoms in total. The van der Waals surface area contributed by atoms with Crippen molar-refractivity contribution >= 4 is 54.2 Å². The van der Waals surface area contributed by atoms with Crippen LogP contribution in [-0.2, 0) is 4.79 Å². The molecule has 118 valence electrons. The van der Waals surface area contributed by atoms with E-state index in [-0.39, 0.29) is 12.5 Å². The van der Waals surface area contributed by atoms with Crippen LogP contribution in [0.3, 0.4) is 0 Å². The van der Waals surface area contributed by atoms with E-state index in [1.165, 1.54) is 11.3 Å². The molecule has 8 heteroatoms. The Morgan fingerprint density at radius 2 is 2.04 bits per heavy atom. The maximum absolute atomic E-state index is 12.0. The fourth-order valence-electron chi connectivity index (χ4n) is 1.94. The summed E-state index contributed by atoms with van der Waals surface area (Å²) in [4.78, 5) is 16.2. The van der Waals surface area contributed by atoms with Gasteiger partial charge in [-0.05, 0) is 42.5 Å². The first-order chi connectivity index (χ1) is 11.1. The SMILES string of the molecule is NNc1nc2ccc(NC(=O)COc3ccc(Br)cc3)cc2s1. The number of carbonyl (C=O) groups excluding carboxylic acids is 1. The van der Waals surface area contributed by atoms with Gasteiger partial charge in [0.2, 0.25) is 0 Å². The number of nitrogens with one attached hydrogen (secondary N) is 2. The number of hydrogen-bond donors (Lipinski definition) is 3. The van der Waals surface area contributed by atoms with Gasteiger partial charge < -0.3 is 10.1 Å². The van der Waals surface area contributed by atoms with Crippen LogP contribution in [0.25, 0.3) is 10.2 Å². The third-order valence-electron chi connectivity index (χ3n) is 2.98. The third kappa shape index (κ3) is 3.98. The molecule has 0 saturated carbocycles. The number of nitrogen functional groups attached to an aromatic ring is 1. The van der Waals surface area contributed by atoms with Crippen molar-refractivity contribution < 1.29 is 9.53 Å². The molecule has 0 unspecified atom stereocenters. The van der Waals surface area contributed by atoms with Crippen molar-refractivity contribution in [2.75, 3.05) is 17.3 Å². The Labute approximate surface area is 144 Å². The Bertz CT molecular complexity index is 835. The lowest BCUT2D eigenvalue weighted by molar-refractivity contribution is -0.118. The Hall–Kier alpha value is -2.16. The summed E-state index contributed by atoms with van der Waals surface area (Å²) >= 11 is 4.76. The number of halogens is 1. The van der Waals surface area contributed by atoms with Gasteiger partial charge in [0, 0.05) is 10.2 Å². The van der Waals surface area contributed by atoms with E-state index in [2.05, 4.69) is 31.7 Å². The highest BCUT2D eigenvalue weighted by molar-refractivity contribution is 9.10. The van der Waals surface area contributed by atoms with Crippen LogP contribution in [-0.4, -0.2) is 17.5 Å². The molecule has 1 aromatic heterocycles. The minimum absolute atomic E-state index is 0.0576. The molecule has 0 spiro atoms. The van der Waals surface area contributed by atoms with Gasteiger partial charge in [-0.25, -0.2) is 10.8 Å². The first-order valence-corrected chi connectivity index (χ1v) is 8.30. The first-order valence-electron chi connectivity index (χ1n) is 6.69. The van der Waals surface area contributed by atoms with E-state index in [0.717, 1.165) is 14.7 Å². The van der Waals surface area contributed by atoms with Crippen molar-refractivity contribution in [3.8, 4) is 5.75 Å². The lowest BCUT2D eigenvalue weighted by atomic mass is 10.3. The number of aromatic nitrogens is 1. The normalized spacial score (nSPS) is 10.5. The van der Waals surface area contributed by atoms with Crippen LogP contribution in [0.5, 0.6) is 5.75 Å². The zero-order valence-electron chi connectivity index (χ0n) is 11.9. The number of hydrazine groups is 1. The van der Waals surface area contributed by atoms with Crippen molar-refractivity contribution in [2.24, 2.45) is 5.84 Å². The maximum atomic E-state index is 12.0. The number of nitrogens with zero attached hydrogens (tertiary/aromatic N) is 1. The molecule has 1 amide bonds. The fourth-order valence-corrected chi connectivity index (χ4v) is 3.02. The number of ether oxygens (including phenoxy) is 1. The largest absolute Gasteiger partial charge is 0.484 e. The molecule has 0 bridgehead atoms. The lowest BCUT2D eigenvalue weighted by Gasteiger charge is -2.07. The number of hydrogen-bond acceptors (Lipinski definition) is 6. The predicted octanol–water partition coefficient (Wildman–Crippen LogP) is 3.36. The number of anilines is 2. The molecule has 2 aromatic carbocycles. The van der Waals surface area contributed by atoms with E-state index in [4.69, 9.17) is 10.6 Å². The lowest BCUT2D eigenvalue weighted by Crippen LogP contribution is -2.20. The van der Waals surface area contributed by atoms with Crippen molar-refractivity contribution in [2.45, 2.75) is 0 Å². The maximum Gasteiger partial charge on any atom is 0.262 e. The Balaban J connectivity index is 1.61. The van der Waals surface area contributed by atoms with Crippen LogP contribution in [0.15, 0.2) is 46.9 Å². The van der Waals surface area contributed by atoms with Gasteiger partial charge >= 0.3 is 0 Å². The average Bonchev–Trinajstić information content (AvgIpc) is 2.97. The summed E-state index contributed by atoms with van der Waals surface area (Å²) in [5.74, 6) is 5.76. The molecule has 3 aromatic rings. The molecular weight excluding hydrogens is 380 g/mol. The Morgan fingerprint density at radius 3 is 2.78 bits per heavy atom. The van der Waals surface area contributed by atoms with E-state index < -0.39 is 0 Å². The van der Waals surface area contributed by atoms with E-state index in [9.17, 15) is 4.79 Å². The summed E-state index contributed by atoms with van der Waals surface area (Å²) in [5.41, 5.74) is 4.03. The predicted molar refractivity (Wildman–Crippen MR) is 95.7 cm³/mol. The standard InChI is InChI=1S/C15H13BrN4O2S/c16-9-1-4-11(5-2-9)22-8-14(21)18-10-3-6-12-13(7-10)23-15(19-12)20-17/h1-7H,8,17H2,(H,18,21)(H,19,20). The highest BCUT2D eigenvalue weighted by Crippen LogP contribution is 2.27. The zero-order chi connectivity index (χ0) is 16.2. The van der Waals surface area contributed by atoms with Gasteiger partial charge in [0.25, 0.3) is 5.91 Å². The summed E-state index contributed by atoms with van der Waals surface area (Å²) in [6.07, 6.45) is 0. The van der Waals surface area contributed by atoms with Crippen LogP contribution < -0.4 is 21.3 Å². The summed E-state index contributed by atoms with van der Waals surface area (Å²) in [6, 6.07) is 12.8. The van der Waals surface area contributed by atoms with Gasteiger partial charge in [-0.2, -0.15) is 0 Å². The summed E-state index contributed by atoms with van der Waals surface area (Å²) in [5, 5.41) is 3.42. The molecule has 0 aliphatic carbocycles. The molecule has 0 saturated heterocycles. The van der Waals surface area contributed by atoms with Crippen molar-refractivity contribution in [1.82, 2.24) is 4.98 Å². The van der Waals surface area contributed by atoms with Crippen molar-refractivity contribution in [3.05, 3.63) is 46.9 Å². The fraction of sp³-hybridized carbons (Fsp3) is 0.0667. The molecule has 0 atom stereocenters. The van der Waals surface area contributed by atoms with Crippen LogP contribution in [0.4, 0.5) is 10.8 Å². The molecule has 0 radical (unpaired) electrons. The third-order valence-corrected chi connectivity index (χ3v) is 4.46. The van der Waals surface area contributed by atoms with E-state index in [1.807, 2.05) is 24.3 Å². The quantitative estimate of drug-likeness (QED) is 0.457. The van der Waals surface area contributed by atoms with Crippen LogP contribution in [0, 0.1) is 0 Å². The van der Waals surface area contributed by atoms with E-state index in [1.54, 1.807) is 18.2 Å². The van der Waals surface area contributed by atoms with Crippen LogP contribution in [0.2, 0.25) is 0 Å². The number of carbonyl (C=O) groups is 1. The highest BCUT2D eigenvalue weighted by atomic mass is 79.9. The van der Waals surface area contributed by atoms with Gasteiger partial charge in [0.05, 0.1) is 10.2 Å². The Morgan fingerprint density at radius 1 is 1.26 bits per heavy atom. The average molecular weight is 393 g/mol. The minimum atomic E-state index is -0.228. The number of thiazole rings is 1. The van der Waals surface area contributed by atoms with Crippen LogP contribution in [0.1, 0.15) is 0 Å². The second kappa shape index (κ2) is 6.95. The summed E-state index contributed by atoms with van der Waals surface area (Å²) in [7, 11) is 0. The van der Waals surface area contributed by atoms with Gasteiger partial charge in [0.15, 0.2) is 11.7 Å². The highest BCUT2D eigenvalue weighted by Gasteiger charge is 2.07. The van der Waals surface area contributed by atoms with Crippen molar-refractivity contribution in [3.63, 3.8) is 0 Å². The zero-order valence-corrected chi connectivity index (χ0v) is 14.3. The van der Waals surface area contributed by atoms with Crippen molar-refractivity contribution in [1.29, 1.82) is 0 Å². The molecule has 0 aliphatic heterocycles. The van der Waals surface area contributed by atoms with Gasteiger partial charge in [-0.15, -0.1) is 0 Å². The number of amides is 1. The number of rotatable bonds is 5. The summed E-state index contributed by atoms with van der Waals surface area (Å²) < 4.78 is 7.33. The number of fused-ring (bicyclic) bond motifs is 1. The molecule has 0 aliphatic rings. The second-order valence-corrected chi connectivity index (χ2v) is 6.58. The molecule has 4 N–H and O–H groups in total.